The largest absolute Gasteiger partial charge is 0.379 e. The zero-order valence-electron chi connectivity index (χ0n) is 14.1. The lowest BCUT2D eigenvalue weighted by Crippen LogP contribution is -2.43. The van der Waals surface area contributed by atoms with E-state index >= 15 is 0 Å². The first-order chi connectivity index (χ1) is 12.6. The molecule has 0 bridgehead atoms. The van der Waals surface area contributed by atoms with E-state index in [1.807, 2.05) is 30.3 Å². The lowest BCUT2D eigenvalue weighted by molar-refractivity contribution is 0.0162. The summed E-state index contributed by atoms with van der Waals surface area (Å²) in [5.74, 6) is -2.72. The average Bonchev–Trinajstić information content (AvgIpc) is 2.66. The van der Waals surface area contributed by atoms with Gasteiger partial charge in [-0.3, -0.25) is 9.69 Å². The Bertz CT molecular complexity index is 768. The third-order valence-electron chi connectivity index (χ3n) is 4.38. The maximum atomic E-state index is 13.4. The molecule has 1 N–H and O–H groups in total. The quantitative estimate of drug-likeness (QED) is 0.808. The molecule has 0 saturated carbocycles. The Morgan fingerprint density at radius 1 is 1.15 bits per heavy atom. The molecule has 3 rings (SSSR count). The van der Waals surface area contributed by atoms with Crippen molar-refractivity contribution in [3.8, 4) is 0 Å². The Balaban J connectivity index is 1.75. The van der Waals surface area contributed by atoms with Crippen LogP contribution in [0.4, 0.5) is 8.78 Å². The molecule has 0 aromatic heterocycles. The molecule has 1 saturated heterocycles. The van der Waals surface area contributed by atoms with Crippen LogP contribution in [0.15, 0.2) is 42.5 Å². The van der Waals surface area contributed by atoms with Crippen LogP contribution in [0.2, 0.25) is 5.02 Å². The number of ether oxygens (including phenoxy) is 1. The summed E-state index contributed by atoms with van der Waals surface area (Å²) in [6.07, 6.45) is 0. The number of amides is 1. The van der Waals surface area contributed by atoms with Crippen LogP contribution in [0.5, 0.6) is 0 Å². The predicted octanol–water partition coefficient (Wildman–Crippen LogP) is 3.42. The zero-order chi connectivity index (χ0) is 18.5. The van der Waals surface area contributed by atoms with E-state index < -0.39 is 17.5 Å². The Hall–Kier alpha value is -2.02. The minimum atomic E-state index is -1.10. The first kappa shape index (κ1) is 18.8. The van der Waals surface area contributed by atoms with Crippen LogP contribution < -0.4 is 5.32 Å². The van der Waals surface area contributed by atoms with Crippen molar-refractivity contribution >= 4 is 17.5 Å². The highest BCUT2D eigenvalue weighted by molar-refractivity contribution is 6.33. The Labute approximate surface area is 155 Å². The van der Waals surface area contributed by atoms with Crippen molar-refractivity contribution in [1.29, 1.82) is 0 Å². The lowest BCUT2D eigenvalue weighted by atomic mass is 10.0. The van der Waals surface area contributed by atoms with Gasteiger partial charge in [-0.2, -0.15) is 0 Å². The molecule has 1 unspecified atom stereocenters. The minimum Gasteiger partial charge on any atom is -0.379 e. The van der Waals surface area contributed by atoms with Crippen LogP contribution in [0.25, 0.3) is 0 Å². The van der Waals surface area contributed by atoms with Gasteiger partial charge in [0.25, 0.3) is 5.91 Å². The number of rotatable bonds is 5. The third-order valence-corrected chi connectivity index (χ3v) is 4.69. The zero-order valence-corrected chi connectivity index (χ0v) is 14.8. The molecule has 1 aliphatic rings. The summed E-state index contributed by atoms with van der Waals surface area (Å²) in [5, 5.41) is 2.67. The highest BCUT2D eigenvalue weighted by atomic mass is 35.5. The van der Waals surface area contributed by atoms with E-state index in [2.05, 4.69) is 10.2 Å². The monoisotopic (exact) mass is 380 g/mol. The van der Waals surface area contributed by atoms with Gasteiger partial charge in [-0.05, 0) is 17.7 Å². The smallest absolute Gasteiger partial charge is 0.252 e. The molecule has 1 aliphatic heterocycles. The fraction of sp³-hybridized carbons (Fsp3) is 0.316. The van der Waals surface area contributed by atoms with Crippen molar-refractivity contribution < 1.29 is 18.3 Å². The summed E-state index contributed by atoms with van der Waals surface area (Å²) in [7, 11) is 0. The first-order valence-electron chi connectivity index (χ1n) is 8.35. The van der Waals surface area contributed by atoms with E-state index in [-0.39, 0.29) is 16.6 Å². The normalized spacial score (nSPS) is 16.3. The number of carbonyl (C=O) groups is 1. The van der Waals surface area contributed by atoms with Crippen molar-refractivity contribution in [1.82, 2.24) is 10.2 Å². The molecule has 1 amide bonds. The van der Waals surface area contributed by atoms with Crippen LogP contribution >= 0.6 is 11.6 Å². The van der Waals surface area contributed by atoms with Crippen LogP contribution in [0.1, 0.15) is 22.0 Å². The molecule has 1 atom stereocenters. The van der Waals surface area contributed by atoms with Crippen LogP contribution in [0, 0.1) is 11.6 Å². The topological polar surface area (TPSA) is 41.6 Å². The highest BCUT2D eigenvalue weighted by Crippen LogP contribution is 2.23. The number of benzene rings is 2. The summed E-state index contributed by atoms with van der Waals surface area (Å²) in [6, 6.07) is 11.4. The minimum absolute atomic E-state index is 0.0480. The van der Waals surface area contributed by atoms with E-state index in [4.69, 9.17) is 16.3 Å². The van der Waals surface area contributed by atoms with Crippen molar-refractivity contribution in [3.63, 3.8) is 0 Å². The summed E-state index contributed by atoms with van der Waals surface area (Å²) in [5.41, 5.74) is 0.977. The number of carbonyl (C=O) groups excluding carboxylic acids is 1. The number of hydrogen-bond donors (Lipinski definition) is 1. The van der Waals surface area contributed by atoms with E-state index in [0.29, 0.717) is 19.8 Å². The molecule has 7 heteroatoms. The van der Waals surface area contributed by atoms with Crippen molar-refractivity contribution in [2.24, 2.45) is 0 Å². The van der Waals surface area contributed by atoms with E-state index in [1.165, 1.54) is 0 Å². The van der Waals surface area contributed by atoms with Gasteiger partial charge in [0, 0.05) is 19.6 Å². The summed E-state index contributed by atoms with van der Waals surface area (Å²) >= 11 is 5.88. The Kier molecular flexibility index (Phi) is 6.19. The van der Waals surface area contributed by atoms with E-state index in [1.54, 1.807) is 0 Å². The standard InChI is InChI=1S/C19H19ClF2N2O2/c20-15-11-17(22)16(21)10-14(15)19(25)23-12-18(13-4-2-1-3-5-13)24-6-8-26-9-7-24/h1-5,10-11,18H,6-9,12H2,(H,23,25). The fourth-order valence-corrected chi connectivity index (χ4v) is 3.24. The molecular weight excluding hydrogens is 362 g/mol. The number of nitrogens with one attached hydrogen (secondary N) is 1. The molecule has 0 spiro atoms. The van der Waals surface area contributed by atoms with Gasteiger partial charge in [0.15, 0.2) is 11.6 Å². The van der Waals surface area contributed by atoms with Crippen molar-refractivity contribution in [2.45, 2.75) is 6.04 Å². The van der Waals surface area contributed by atoms with E-state index in [0.717, 1.165) is 30.8 Å². The SMILES string of the molecule is O=C(NCC(c1ccccc1)N1CCOCC1)c1cc(F)c(F)cc1Cl. The number of nitrogens with zero attached hydrogens (tertiary/aromatic N) is 1. The van der Waals surface area contributed by atoms with Gasteiger partial charge in [-0.15, -0.1) is 0 Å². The van der Waals surface area contributed by atoms with Gasteiger partial charge in [-0.25, -0.2) is 8.78 Å². The molecule has 1 heterocycles. The number of morpholine rings is 1. The van der Waals surface area contributed by atoms with Gasteiger partial charge in [0.1, 0.15) is 0 Å². The molecule has 1 fully saturated rings. The second kappa shape index (κ2) is 8.58. The Morgan fingerprint density at radius 2 is 1.81 bits per heavy atom. The van der Waals surface area contributed by atoms with Crippen LogP contribution in [-0.4, -0.2) is 43.7 Å². The third kappa shape index (κ3) is 4.38. The average molecular weight is 381 g/mol. The highest BCUT2D eigenvalue weighted by Gasteiger charge is 2.24. The van der Waals surface area contributed by atoms with Crippen LogP contribution in [0.3, 0.4) is 0 Å². The van der Waals surface area contributed by atoms with Crippen molar-refractivity contribution in [2.75, 3.05) is 32.8 Å². The van der Waals surface area contributed by atoms with Gasteiger partial charge >= 0.3 is 0 Å². The van der Waals surface area contributed by atoms with Crippen molar-refractivity contribution in [3.05, 3.63) is 70.2 Å². The summed E-state index contributed by atoms with van der Waals surface area (Å²) in [6.45, 7) is 3.08. The van der Waals surface area contributed by atoms with Gasteiger partial charge in [0.2, 0.25) is 0 Å². The summed E-state index contributed by atoms with van der Waals surface area (Å²) < 4.78 is 32.0. The number of hydrogen-bond acceptors (Lipinski definition) is 3. The summed E-state index contributed by atoms with van der Waals surface area (Å²) in [4.78, 5) is 14.6. The molecule has 0 aliphatic carbocycles. The van der Waals surface area contributed by atoms with E-state index in [9.17, 15) is 13.6 Å². The molecule has 26 heavy (non-hydrogen) atoms. The first-order valence-corrected chi connectivity index (χ1v) is 8.73. The number of halogens is 3. The maximum absolute atomic E-state index is 13.4. The molecule has 0 radical (unpaired) electrons. The maximum Gasteiger partial charge on any atom is 0.252 e. The van der Waals surface area contributed by atoms with Gasteiger partial charge in [0.05, 0.1) is 29.8 Å². The molecule has 138 valence electrons. The molecule has 2 aromatic carbocycles. The lowest BCUT2D eigenvalue weighted by Gasteiger charge is -2.35. The second-order valence-electron chi connectivity index (χ2n) is 6.03. The van der Waals surface area contributed by atoms with Gasteiger partial charge in [-0.1, -0.05) is 41.9 Å². The second-order valence-corrected chi connectivity index (χ2v) is 6.44. The van der Waals surface area contributed by atoms with Gasteiger partial charge < -0.3 is 10.1 Å². The molecule has 4 nitrogen and oxygen atoms in total. The predicted molar refractivity (Wildman–Crippen MR) is 95.3 cm³/mol. The molecule has 2 aromatic rings. The van der Waals surface area contributed by atoms with Crippen LogP contribution in [-0.2, 0) is 4.74 Å². The Morgan fingerprint density at radius 3 is 2.50 bits per heavy atom. The fourth-order valence-electron chi connectivity index (χ4n) is 3.00. The molecular formula is C19H19ClF2N2O2.